The molecule has 1 amide bonds. The Balaban J connectivity index is 2.38. The van der Waals surface area contributed by atoms with Gasteiger partial charge in [-0.15, -0.1) is 0 Å². The minimum Gasteiger partial charge on any atom is -0.395 e. The first-order valence-corrected chi connectivity index (χ1v) is 6.88. The zero-order valence-electron chi connectivity index (χ0n) is 11.1. The van der Waals surface area contributed by atoms with Crippen LogP contribution < -0.4 is 0 Å². The first-order valence-electron chi connectivity index (χ1n) is 6.88. The van der Waals surface area contributed by atoms with Crippen LogP contribution in [0.5, 0.6) is 0 Å². The summed E-state index contributed by atoms with van der Waals surface area (Å²) in [5.74, 6) is -0.0310. The van der Waals surface area contributed by atoms with Gasteiger partial charge in [0, 0.05) is 13.0 Å². The topological polar surface area (TPSA) is 40.5 Å². The molecule has 0 heterocycles. The molecule has 0 unspecified atom stereocenters. The Morgan fingerprint density at radius 3 is 2.37 bits per heavy atom. The Morgan fingerprint density at radius 1 is 1.21 bits per heavy atom. The Morgan fingerprint density at radius 2 is 1.84 bits per heavy atom. The lowest BCUT2D eigenvalue weighted by Gasteiger charge is -2.25. The van der Waals surface area contributed by atoms with Crippen LogP contribution in [0.4, 0.5) is 13.2 Å². The molecule has 112 valence electrons. The number of hydrogen-bond acceptors (Lipinski definition) is 2. The molecule has 1 aliphatic carbocycles. The number of alkyl halides is 3. The third-order valence-corrected chi connectivity index (χ3v) is 3.58. The minimum absolute atomic E-state index is 0.154. The molecule has 0 radical (unpaired) electrons. The molecule has 0 spiro atoms. The standard InChI is InChI=1S/C13H22F3NO2/c14-13(15,16)10-17(8-9-18)12(19)7-6-11-4-2-1-3-5-11/h11,18H,1-10H2. The third kappa shape index (κ3) is 6.80. The van der Waals surface area contributed by atoms with Crippen molar-refractivity contribution in [2.24, 2.45) is 5.92 Å². The number of rotatable bonds is 6. The van der Waals surface area contributed by atoms with Gasteiger partial charge in [0.25, 0.3) is 0 Å². The van der Waals surface area contributed by atoms with E-state index in [9.17, 15) is 18.0 Å². The highest BCUT2D eigenvalue weighted by Crippen LogP contribution is 2.27. The van der Waals surface area contributed by atoms with E-state index in [1.165, 1.54) is 6.42 Å². The molecule has 1 saturated carbocycles. The quantitative estimate of drug-likeness (QED) is 0.813. The largest absolute Gasteiger partial charge is 0.406 e. The zero-order chi connectivity index (χ0) is 14.3. The number of aliphatic hydroxyl groups is 1. The average molecular weight is 281 g/mol. The van der Waals surface area contributed by atoms with Crippen LogP contribution in [0.3, 0.4) is 0 Å². The van der Waals surface area contributed by atoms with Gasteiger partial charge in [-0.3, -0.25) is 4.79 Å². The molecular weight excluding hydrogens is 259 g/mol. The highest BCUT2D eigenvalue weighted by Gasteiger charge is 2.32. The Kier molecular flexibility index (Phi) is 6.62. The number of carbonyl (C=O) groups is 1. The molecule has 0 bridgehead atoms. The number of amides is 1. The van der Waals surface area contributed by atoms with Gasteiger partial charge < -0.3 is 10.0 Å². The van der Waals surface area contributed by atoms with Crippen molar-refractivity contribution in [2.45, 2.75) is 51.1 Å². The van der Waals surface area contributed by atoms with Crippen LogP contribution in [0.15, 0.2) is 0 Å². The maximum atomic E-state index is 12.3. The summed E-state index contributed by atoms with van der Waals surface area (Å²) < 4.78 is 36.9. The van der Waals surface area contributed by atoms with E-state index in [4.69, 9.17) is 5.11 Å². The molecule has 3 nitrogen and oxygen atoms in total. The van der Waals surface area contributed by atoms with E-state index in [1.54, 1.807) is 0 Å². The molecule has 1 N–H and O–H groups in total. The molecule has 0 atom stereocenters. The Bertz CT molecular complexity index is 276. The van der Waals surface area contributed by atoms with Crippen LogP contribution in [-0.4, -0.2) is 41.8 Å². The predicted molar refractivity (Wildman–Crippen MR) is 65.5 cm³/mol. The van der Waals surface area contributed by atoms with E-state index >= 15 is 0 Å². The van der Waals surface area contributed by atoms with E-state index in [-0.39, 0.29) is 13.0 Å². The van der Waals surface area contributed by atoms with E-state index in [2.05, 4.69) is 0 Å². The van der Waals surface area contributed by atoms with Gasteiger partial charge >= 0.3 is 6.18 Å². The molecule has 0 saturated heterocycles. The molecule has 1 fully saturated rings. The fraction of sp³-hybridized carbons (Fsp3) is 0.923. The van der Waals surface area contributed by atoms with Gasteiger partial charge in [-0.2, -0.15) is 13.2 Å². The number of carbonyl (C=O) groups excluding carboxylic acids is 1. The molecule has 0 aromatic heterocycles. The molecular formula is C13H22F3NO2. The normalized spacial score (nSPS) is 17.5. The van der Waals surface area contributed by atoms with Crippen molar-refractivity contribution in [3.63, 3.8) is 0 Å². The molecule has 0 aromatic rings. The molecule has 6 heteroatoms. The lowest BCUT2D eigenvalue weighted by molar-refractivity contribution is -0.162. The van der Waals surface area contributed by atoms with Crippen LogP contribution in [0, 0.1) is 5.92 Å². The Labute approximate surface area is 111 Å². The SMILES string of the molecule is O=C(CCC1CCCCC1)N(CCO)CC(F)(F)F. The van der Waals surface area contributed by atoms with Crippen molar-refractivity contribution in [3.8, 4) is 0 Å². The van der Waals surface area contributed by atoms with Crippen molar-refractivity contribution < 1.29 is 23.1 Å². The highest BCUT2D eigenvalue weighted by molar-refractivity contribution is 5.76. The van der Waals surface area contributed by atoms with Crippen LogP contribution in [0.2, 0.25) is 0 Å². The van der Waals surface area contributed by atoms with Crippen molar-refractivity contribution in [3.05, 3.63) is 0 Å². The number of halogens is 3. The van der Waals surface area contributed by atoms with Crippen molar-refractivity contribution in [1.82, 2.24) is 4.90 Å². The maximum absolute atomic E-state index is 12.3. The number of nitrogens with zero attached hydrogens (tertiary/aromatic N) is 1. The highest BCUT2D eigenvalue weighted by atomic mass is 19.4. The number of hydrogen-bond donors (Lipinski definition) is 1. The molecule has 1 aliphatic rings. The molecule has 1 rings (SSSR count). The van der Waals surface area contributed by atoms with Gasteiger partial charge in [0.1, 0.15) is 6.54 Å². The molecule has 0 aliphatic heterocycles. The van der Waals surface area contributed by atoms with Gasteiger partial charge in [-0.25, -0.2) is 0 Å². The van der Waals surface area contributed by atoms with Crippen LogP contribution in [-0.2, 0) is 4.79 Å². The molecule has 19 heavy (non-hydrogen) atoms. The fourth-order valence-corrected chi connectivity index (χ4v) is 2.59. The van der Waals surface area contributed by atoms with Gasteiger partial charge in [0.2, 0.25) is 5.91 Å². The third-order valence-electron chi connectivity index (χ3n) is 3.58. The van der Waals surface area contributed by atoms with Crippen molar-refractivity contribution >= 4 is 5.91 Å². The van der Waals surface area contributed by atoms with Gasteiger partial charge in [-0.1, -0.05) is 32.1 Å². The summed E-state index contributed by atoms with van der Waals surface area (Å²) in [4.78, 5) is 12.5. The summed E-state index contributed by atoms with van der Waals surface area (Å²) in [6, 6.07) is 0. The van der Waals surface area contributed by atoms with Crippen LogP contribution in [0.1, 0.15) is 44.9 Å². The summed E-state index contributed by atoms with van der Waals surface area (Å²) in [7, 11) is 0. The first kappa shape index (κ1) is 16.3. The first-order chi connectivity index (χ1) is 8.92. The predicted octanol–water partition coefficient (Wildman–Crippen LogP) is 2.73. The summed E-state index contributed by atoms with van der Waals surface area (Å²) in [5.41, 5.74) is 0. The van der Waals surface area contributed by atoms with Crippen LogP contribution in [0.25, 0.3) is 0 Å². The van der Waals surface area contributed by atoms with Crippen molar-refractivity contribution in [2.75, 3.05) is 19.7 Å². The maximum Gasteiger partial charge on any atom is 0.406 e. The van der Waals surface area contributed by atoms with E-state index in [1.807, 2.05) is 0 Å². The van der Waals surface area contributed by atoms with E-state index in [0.29, 0.717) is 17.2 Å². The second kappa shape index (κ2) is 7.72. The van der Waals surface area contributed by atoms with E-state index < -0.39 is 25.2 Å². The monoisotopic (exact) mass is 281 g/mol. The van der Waals surface area contributed by atoms with Gasteiger partial charge in [-0.05, 0) is 12.3 Å². The summed E-state index contributed by atoms with van der Waals surface area (Å²) in [6.07, 6.45) is 2.09. The van der Waals surface area contributed by atoms with Crippen molar-refractivity contribution in [1.29, 1.82) is 0 Å². The van der Waals surface area contributed by atoms with E-state index in [0.717, 1.165) is 25.7 Å². The van der Waals surface area contributed by atoms with Crippen LogP contribution >= 0.6 is 0 Å². The summed E-state index contributed by atoms with van der Waals surface area (Å²) in [6.45, 7) is -1.95. The fourth-order valence-electron chi connectivity index (χ4n) is 2.59. The number of aliphatic hydroxyl groups excluding tert-OH is 1. The minimum atomic E-state index is -4.41. The zero-order valence-corrected chi connectivity index (χ0v) is 11.1. The summed E-state index contributed by atoms with van der Waals surface area (Å²) >= 11 is 0. The Hall–Kier alpha value is -0.780. The lowest BCUT2D eigenvalue weighted by Crippen LogP contribution is -2.40. The smallest absolute Gasteiger partial charge is 0.395 e. The van der Waals surface area contributed by atoms with Gasteiger partial charge in [0.05, 0.1) is 6.61 Å². The second-order valence-corrected chi connectivity index (χ2v) is 5.20. The second-order valence-electron chi connectivity index (χ2n) is 5.20. The summed E-state index contributed by atoms with van der Waals surface area (Å²) in [5, 5.41) is 8.74. The average Bonchev–Trinajstić information content (AvgIpc) is 2.35. The van der Waals surface area contributed by atoms with Gasteiger partial charge in [0.15, 0.2) is 0 Å². The molecule has 0 aromatic carbocycles. The lowest BCUT2D eigenvalue weighted by atomic mass is 9.86.